The van der Waals surface area contributed by atoms with Crippen LogP contribution in [0.1, 0.15) is 174 Å². The maximum absolute atomic E-state index is 12.0. The number of hydrogen-bond donors (Lipinski definition) is 2. The Morgan fingerprint density at radius 3 is 1.24 bits per heavy atom. The standard InChI is InChI=1S/C32H63O8P/c1-3-4-5-6-7-8-9-10-11-12-13-14-15-16-17-18-19-20-21-22-23-24-25-26-27-32(34)40-31(28-38-30(2)33)29-39-41(35,36)37/h31H,3-29H2,1-2H3,(H2,35,36,37). The Morgan fingerprint density at radius 2 is 0.927 bits per heavy atom. The van der Waals surface area contributed by atoms with E-state index < -0.39 is 32.5 Å². The number of carbonyl (C=O) groups is 2. The van der Waals surface area contributed by atoms with Crippen LogP contribution in [0, 0.1) is 0 Å². The van der Waals surface area contributed by atoms with Gasteiger partial charge >= 0.3 is 19.8 Å². The fourth-order valence-electron chi connectivity index (χ4n) is 4.98. The number of ether oxygens (including phenoxy) is 2. The van der Waals surface area contributed by atoms with Gasteiger partial charge in [0.2, 0.25) is 0 Å². The summed E-state index contributed by atoms with van der Waals surface area (Å²) in [5.74, 6) is -1.07. The zero-order valence-corrected chi connectivity index (χ0v) is 27.4. The molecule has 0 saturated heterocycles. The van der Waals surface area contributed by atoms with E-state index in [0.29, 0.717) is 6.42 Å². The fraction of sp³-hybridized carbons (Fsp3) is 0.938. The number of carbonyl (C=O) groups excluding carboxylic acids is 2. The molecule has 0 aromatic heterocycles. The Balaban J connectivity index is 3.44. The summed E-state index contributed by atoms with van der Waals surface area (Å²) >= 11 is 0. The molecule has 0 heterocycles. The predicted molar refractivity (Wildman–Crippen MR) is 166 cm³/mol. The molecule has 41 heavy (non-hydrogen) atoms. The Labute approximate surface area is 251 Å². The highest BCUT2D eigenvalue weighted by Gasteiger charge is 2.22. The third kappa shape index (κ3) is 33.4. The zero-order chi connectivity index (χ0) is 30.4. The van der Waals surface area contributed by atoms with Crippen molar-refractivity contribution in [3.63, 3.8) is 0 Å². The van der Waals surface area contributed by atoms with Gasteiger partial charge in [0.05, 0.1) is 6.61 Å². The van der Waals surface area contributed by atoms with E-state index in [0.717, 1.165) is 12.8 Å². The summed E-state index contributed by atoms with van der Waals surface area (Å²) in [6.07, 6.45) is 30.8. The molecule has 1 unspecified atom stereocenters. The first-order chi connectivity index (χ1) is 19.7. The molecule has 0 aliphatic carbocycles. The first-order valence-corrected chi connectivity index (χ1v) is 18.3. The van der Waals surface area contributed by atoms with Crippen molar-refractivity contribution in [1.82, 2.24) is 0 Å². The van der Waals surface area contributed by atoms with E-state index in [4.69, 9.17) is 19.3 Å². The molecule has 0 radical (unpaired) electrons. The smallest absolute Gasteiger partial charge is 0.462 e. The molecular formula is C32H63O8P. The van der Waals surface area contributed by atoms with Crippen LogP contribution < -0.4 is 0 Å². The zero-order valence-electron chi connectivity index (χ0n) is 26.5. The summed E-state index contributed by atoms with van der Waals surface area (Å²) in [5.41, 5.74) is 0. The van der Waals surface area contributed by atoms with Gasteiger partial charge in [0.15, 0.2) is 6.10 Å². The lowest BCUT2D eigenvalue weighted by Crippen LogP contribution is -2.29. The SMILES string of the molecule is CCCCCCCCCCCCCCCCCCCCCCCCCCC(=O)OC(COC(C)=O)COP(=O)(O)O. The summed E-state index contributed by atoms with van der Waals surface area (Å²) in [6, 6.07) is 0. The quantitative estimate of drug-likeness (QED) is 0.0455. The second-order valence-electron chi connectivity index (χ2n) is 11.6. The minimum Gasteiger partial charge on any atom is -0.462 e. The Bertz CT molecular complexity index is 652. The van der Waals surface area contributed by atoms with Crippen molar-refractivity contribution in [3.8, 4) is 0 Å². The lowest BCUT2D eigenvalue weighted by atomic mass is 10.0. The normalized spacial score (nSPS) is 12.4. The van der Waals surface area contributed by atoms with Gasteiger partial charge in [-0.3, -0.25) is 14.1 Å². The third-order valence-corrected chi connectivity index (χ3v) is 7.92. The van der Waals surface area contributed by atoms with Gasteiger partial charge in [-0.1, -0.05) is 155 Å². The topological polar surface area (TPSA) is 119 Å². The summed E-state index contributed by atoms with van der Waals surface area (Å²) < 4.78 is 25.2. The number of rotatable bonds is 31. The van der Waals surface area contributed by atoms with Crippen LogP contribution in [0.25, 0.3) is 0 Å². The van der Waals surface area contributed by atoms with Gasteiger partial charge in [-0.2, -0.15) is 0 Å². The number of unbranched alkanes of at least 4 members (excludes halogenated alkanes) is 23. The molecule has 0 saturated carbocycles. The van der Waals surface area contributed by atoms with E-state index >= 15 is 0 Å². The van der Waals surface area contributed by atoms with Crippen LogP contribution in [-0.2, 0) is 28.2 Å². The van der Waals surface area contributed by atoms with Gasteiger partial charge in [0.25, 0.3) is 0 Å². The Kier molecular flexibility index (Phi) is 28.5. The first kappa shape index (κ1) is 40.1. The second-order valence-corrected chi connectivity index (χ2v) is 12.8. The molecule has 0 bridgehead atoms. The van der Waals surface area contributed by atoms with Gasteiger partial charge in [-0.15, -0.1) is 0 Å². The molecule has 0 spiro atoms. The van der Waals surface area contributed by atoms with Crippen molar-refractivity contribution in [1.29, 1.82) is 0 Å². The average Bonchev–Trinajstić information content (AvgIpc) is 2.92. The predicted octanol–water partition coefficient (Wildman–Crippen LogP) is 9.34. The van der Waals surface area contributed by atoms with Crippen molar-refractivity contribution in [3.05, 3.63) is 0 Å². The van der Waals surface area contributed by atoms with E-state index in [1.54, 1.807) is 0 Å². The Morgan fingerprint density at radius 1 is 0.585 bits per heavy atom. The van der Waals surface area contributed by atoms with Crippen LogP contribution in [0.15, 0.2) is 0 Å². The van der Waals surface area contributed by atoms with Gasteiger partial charge in [0.1, 0.15) is 6.61 Å². The van der Waals surface area contributed by atoms with Crippen LogP contribution in [0.3, 0.4) is 0 Å². The van der Waals surface area contributed by atoms with Gasteiger partial charge in [-0.05, 0) is 6.42 Å². The van der Waals surface area contributed by atoms with E-state index in [1.165, 1.54) is 142 Å². The third-order valence-electron chi connectivity index (χ3n) is 7.43. The number of esters is 2. The molecule has 1 atom stereocenters. The van der Waals surface area contributed by atoms with E-state index in [9.17, 15) is 14.2 Å². The highest BCUT2D eigenvalue weighted by Crippen LogP contribution is 2.35. The molecule has 0 rings (SSSR count). The minimum atomic E-state index is -4.70. The number of phosphoric ester groups is 1. The van der Waals surface area contributed by atoms with E-state index in [-0.39, 0.29) is 13.0 Å². The van der Waals surface area contributed by atoms with Crippen molar-refractivity contribution >= 4 is 19.8 Å². The molecule has 0 fully saturated rings. The van der Waals surface area contributed by atoms with Gasteiger partial charge < -0.3 is 19.3 Å². The van der Waals surface area contributed by atoms with E-state index in [2.05, 4.69) is 11.4 Å². The maximum Gasteiger partial charge on any atom is 0.469 e. The van der Waals surface area contributed by atoms with Crippen molar-refractivity contribution in [2.24, 2.45) is 0 Å². The van der Waals surface area contributed by atoms with Crippen LogP contribution in [0.2, 0.25) is 0 Å². The van der Waals surface area contributed by atoms with Crippen molar-refractivity contribution in [2.75, 3.05) is 13.2 Å². The second kappa shape index (κ2) is 29.1. The minimum absolute atomic E-state index is 0.214. The number of hydrogen-bond acceptors (Lipinski definition) is 6. The molecule has 244 valence electrons. The summed E-state index contributed by atoms with van der Waals surface area (Å²) in [4.78, 5) is 40.6. The van der Waals surface area contributed by atoms with Crippen LogP contribution >= 0.6 is 7.82 Å². The first-order valence-electron chi connectivity index (χ1n) is 16.8. The molecule has 0 aromatic carbocycles. The maximum atomic E-state index is 12.0. The highest BCUT2D eigenvalue weighted by molar-refractivity contribution is 7.46. The van der Waals surface area contributed by atoms with Crippen molar-refractivity contribution < 1.29 is 37.9 Å². The van der Waals surface area contributed by atoms with Gasteiger partial charge in [0, 0.05) is 13.3 Å². The van der Waals surface area contributed by atoms with Crippen molar-refractivity contribution in [2.45, 2.75) is 180 Å². The van der Waals surface area contributed by atoms with E-state index in [1.807, 2.05) is 0 Å². The summed E-state index contributed by atoms with van der Waals surface area (Å²) in [7, 11) is -4.70. The largest absolute Gasteiger partial charge is 0.469 e. The molecule has 2 N–H and O–H groups in total. The fourth-order valence-corrected chi connectivity index (χ4v) is 5.34. The van der Waals surface area contributed by atoms with Crippen LogP contribution in [0.4, 0.5) is 0 Å². The summed E-state index contributed by atoms with van der Waals surface area (Å²) in [6.45, 7) is 2.63. The number of phosphoric acid groups is 1. The van der Waals surface area contributed by atoms with Crippen LogP contribution in [-0.4, -0.2) is 41.0 Å². The molecule has 0 amide bonds. The van der Waals surface area contributed by atoms with Crippen LogP contribution in [0.5, 0.6) is 0 Å². The lowest BCUT2D eigenvalue weighted by molar-refractivity contribution is -0.160. The molecule has 0 aliphatic heterocycles. The monoisotopic (exact) mass is 606 g/mol. The van der Waals surface area contributed by atoms with Gasteiger partial charge in [-0.25, -0.2) is 4.57 Å². The lowest BCUT2D eigenvalue weighted by Gasteiger charge is -2.18. The highest BCUT2D eigenvalue weighted by atomic mass is 31.2. The molecule has 0 aliphatic rings. The molecule has 9 heteroatoms. The summed E-state index contributed by atoms with van der Waals surface area (Å²) in [5, 5.41) is 0. The molecule has 0 aromatic rings. The Hall–Kier alpha value is -0.950. The molecular weight excluding hydrogens is 543 g/mol. The average molecular weight is 607 g/mol. The molecule has 8 nitrogen and oxygen atoms in total.